The van der Waals surface area contributed by atoms with Crippen molar-refractivity contribution in [3.63, 3.8) is 0 Å². The first-order valence-corrected chi connectivity index (χ1v) is 11.1. The van der Waals surface area contributed by atoms with E-state index in [1.165, 1.54) is 25.5 Å². The largest absolute Gasteiger partial charge is 0.282 e. The van der Waals surface area contributed by atoms with Gasteiger partial charge in [-0.25, -0.2) is 23.1 Å². The van der Waals surface area contributed by atoms with E-state index < -0.39 is 15.4 Å². The molecule has 1 atom stereocenters. The molecule has 0 saturated carbocycles. The summed E-state index contributed by atoms with van der Waals surface area (Å²) >= 11 is 0. The van der Waals surface area contributed by atoms with Crippen LogP contribution in [0.4, 0.5) is 5.69 Å². The Bertz CT molecular complexity index is 1180. The van der Waals surface area contributed by atoms with Crippen LogP contribution >= 0.6 is 0 Å². The van der Waals surface area contributed by atoms with Crippen molar-refractivity contribution in [2.24, 2.45) is 11.3 Å². The smallest absolute Gasteiger partial charge is 0.241 e. The predicted octanol–water partition coefficient (Wildman–Crippen LogP) is 2.45. The molecule has 156 valence electrons. The van der Waals surface area contributed by atoms with E-state index in [1.54, 1.807) is 17.3 Å². The molecule has 2 aliphatic rings. The first kappa shape index (κ1) is 20.4. The molecule has 1 amide bonds. The number of sulfonamides is 1. The monoisotopic (exact) mass is 425 g/mol. The van der Waals surface area contributed by atoms with Crippen molar-refractivity contribution in [2.45, 2.75) is 32.1 Å². The van der Waals surface area contributed by atoms with E-state index in [0.717, 1.165) is 16.8 Å². The van der Waals surface area contributed by atoms with Gasteiger partial charge in [0, 0.05) is 35.8 Å². The van der Waals surface area contributed by atoms with Crippen LogP contribution in [-0.4, -0.2) is 36.3 Å². The molecule has 0 spiro atoms. The molecule has 0 bridgehead atoms. The number of amides is 1. The second-order valence-corrected chi connectivity index (χ2v) is 9.87. The lowest BCUT2D eigenvalue weighted by molar-refractivity contribution is -0.125. The lowest BCUT2D eigenvalue weighted by Gasteiger charge is -2.26. The van der Waals surface area contributed by atoms with Gasteiger partial charge in [-0.2, -0.15) is 0 Å². The van der Waals surface area contributed by atoms with E-state index in [0.29, 0.717) is 17.9 Å². The van der Waals surface area contributed by atoms with Gasteiger partial charge in [0.25, 0.3) is 0 Å². The summed E-state index contributed by atoms with van der Waals surface area (Å²) in [7, 11) is -2.34. The Morgan fingerprint density at radius 2 is 1.87 bits per heavy atom. The van der Waals surface area contributed by atoms with Crippen LogP contribution in [0.15, 0.2) is 53.6 Å². The van der Waals surface area contributed by atoms with Crippen LogP contribution in [-0.2, 0) is 14.8 Å². The van der Waals surface area contributed by atoms with E-state index in [-0.39, 0.29) is 16.7 Å². The molecular weight excluding hydrogens is 402 g/mol. The zero-order chi connectivity index (χ0) is 21.7. The maximum absolute atomic E-state index is 13.4. The maximum atomic E-state index is 13.4. The van der Waals surface area contributed by atoms with Gasteiger partial charge in [-0.1, -0.05) is 19.9 Å². The number of hydrogen-bond acceptors (Lipinski definition) is 6. The number of allylic oxidation sites excluding steroid dienone is 4. The fourth-order valence-electron chi connectivity index (χ4n) is 3.93. The fraction of sp³-hybridized carbons (Fsp3) is 0.333. The minimum Gasteiger partial charge on any atom is -0.282 e. The fourth-order valence-corrected chi connectivity index (χ4v) is 4.64. The Hall–Kier alpha value is -2.91. The summed E-state index contributed by atoms with van der Waals surface area (Å²) in [6, 6.07) is 1.48. The van der Waals surface area contributed by atoms with Crippen LogP contribution in [0.3, 0.4) is 0 Å². The number of carbonyl (C=O) groups is 1. The Morgan fingerprint density at radius 3 is 2.53 bits per heavy atom. The second kappa shape index (κ2) is 7.10. The van der Waals surface area contributed by atoms with Gasteiger partial charge in [-0.05, 0) is 38.1 Å². The van der Waals surface area contributed by atoms with Crippen LogP contribution < -0.4 is 9.62 Å². The van der Waals surface area contributed by atoms with Gasteiger partial charge < -0.3 is 0 Å². The SMILES string of the molecule is CNS(=O)(=O)c1cncc(N2C(=O)C(C)(C)C3CC=C(c4cnc(C)nc4)C=C32)c1. The lowest BCUT2D eigenvalue weighted by Crippen LogP contribution is -2.31. The molecule has 0 radical (unpaired) electrons. The maximum Gasteiger partial charge on any atom is 0.241 e. The average Bonchev–Trinajstić information content (AvgIpc) is 2.94. The minimum absolute atomic E-state index is 0.00988. The number of anilines is 1. The van der Waals surface area contributed by atoms with E-state index in [1.807, 2.05) is 26.8 Å². The molecule has 1 aliphatic carbocycles. The van der Waals surface area contributed by atoms with Gasteiger partial charge in [0.2, 0.25) is 15.9 Å². The van der Waals surface area contributed by atoms with E-state index in [4.69, 9.17) is 0 Å². The molecule has 1 fully saturated rings. The van der Waals surface area contributed by atoms with Crippen molar-refractivity contribution in [3.8, 4) is 0 Å². The van der Waals surface area contributed by atoms with Gasteiger partial charge in [-0.3, -0.25) is 14.7 Å². The number of aromatic nitrogens is 3. The average molecular weight is 426 g/mol. The number of rotatable bonds is 4. The third-order valence-corrected chi connectivity index (χ3v) is 7.15. The Morgan fingerprint density at radius 1 is 1.17 bits per heavy atom. The van der Waals surface area contributed by atoms with E-state index >= 15 is 0 Å². The summed E-state index contributed by atoms with van der Waals surface area (Å²) < 4.78 is 26.7. The molecule has 1 aliphatic heterocycles. The summed E-state index contributed by atoms with van der Waals surface area (Å²) in [6.07, 6.45) is 11.1. The molecular formula is C21H23N5O3S. The number of nitrogens with one attached hydrogen (secondary N) is 1. The third kappa shape index (κ3) is 3.23. The molecule has 1 N–H and O–H groups in total. The summed E-state index contributed by atoms with van der Waals surface area (Å²) in [4.78, 5) is 27.6. The van der Waals surface area contributed by atoms with Crippen LogP contribution in [0.1, 0.15) is 31.7 Å². The molecule has 2 aromatic heterocycles. The Kier molecular flexibility index (Phi) is 4.82. The van der Waals surface area contributed by atoms with E-state index in [2.05, 4.69) is 25.8 Å². The second-order valence-electron chi connectivity index (χ2n) is 7.98. The molecule has 3 heterocycles. The van der Waals surface area contributed by atoms with Gasteiger partial charge >= 0.3 is 0 Å². The molecule has 8 nitrogen and oxygen atoms in total. The van der Waals surface area contributed by atoms with Crippen molar-refractivity contribution >= 4 is 27.2 Å². The number of aryl methyl sites for hydroxylation is 1. The number of carbonyl (C=O) groups excluding carboxylic acids is 1. The highest BCUT2D eigenvalue weighted by Gasteiger charge is 2.51. The van der Waals surface area contributed by atoms with Crippen molar-refractivity contribution in [3.05, 3.63) is 60.1 Å². The quantitative estimate of drug-likeness (QED) is 0.807. The van der Waals surface area contributed by atoms with Crippen molar-refractivity contribution in [2.75, 3.05) is 11.9 Å². The molecule has 9 heteroatoms. The van der Waals surface area contributed by atoms with Gasteiger partial charge in [0.1, 0.15) is 10.7 Å². The zero-order valence-corrected chi connectivity index (χ0v) is 18.1. The van der Waals surface area contributed by atoms with Gasteiger partial charge in [0.05, 0.1) is 17.3 Å². The lowest BCUT2D eigenvalue weighted by atomic mass is 9.75. The van der Waals surface area contributed by atoms with Crippen LogP contribution in [0, 0.1) is 18.3 Å². The first-order valence-electron chi connectivity index (χ1n) is 9.59. The van der Waals surface area contributed by atoms with Crippen molar-refractivity contribution in [1.82, 2.24) is 19.7 Å². The predicted molar refractivity (Wildman–Crippen MR) is 113 cm³/mol. The Labute approximate surface area is 175 Å². The molecule has 4 rings (SSSR count). The summed E-state index contributed by atoms with van der Waals surface area (Å²) in [6.45, 7) is 5.67. The number of nitrogens with zero attached hydrogens (tertiary/aromatic N) is 4. The highest BCUT2D eigenvalue weighted by Crippen LogP contribution is 2.50. The summed E-state index contributed by atoms with van der Waals surface area (Å²) in [5, 5.41) is 0. The van der Waals surface area contributed by atoms with Crippen molar-refractivity contribution < 1.29 is 13.2 Å². The number of fused-ring (bicyclic) bond motifs is 1. The molecule has 2 aromatic rings. The highest BCUT2D eigenvalue weighted by molar-refractivity contribution is 7.89. The van der Waals surface area contributed by atoms with E-state index in [9.17, 15) is 13.2 Å². The molecule has 1 unspecified atom stereocenters. The van der Waals surface area contributed by atoms with Gasteiger partial charge in [0.15, 0.2) is 0 Å². The van der Waals surface area contributed by atoms with Crippen LogP contribution in [0.5, 0.6) is 0 Å². The third-order valence-electron chi connectivity index (χ3n) is 5.77. The molecule has 30 heavy (non-hydrogen) atoms. The van der Waals surface area contributed by atoms with Gasteiger partial charge in [-0.15, -0.1) is 0 Å². The highest BCUT2D eigenvalue weighted by atomic mass is 32.2. The first-order chi connectivity index (χ1) is 14.1. The van der Waals surface area contributed by atoms with Crippen LogP contribution in [0.25, 0.3) is 5.57 Å². The minimum atomic E-state index is -3.68. The normalized spacial score (nSPS) is 20.6. The van der Waals surface area contributed by atoms with Crippen LogP contribution in [0.2, 0.25) is 0 Å². The molecule has 1 saturated heterocycles. The number of hydrogen-bond donors (Lipinski definition) is 1. The topological polar surface area (TPSA) is 105 Å². The standard InChI is InChI=1S/C21H23N5O3S/c1-13-24-9-15(10-25-13)14-5-6-18-19(7-14)26(20(27)21(18,2)3)16-8-17(12-23-11-16)30(28,29)22-4/h5,7-12,18,22H,6H2,1-4H3. The zero-order valence-electron chi connectivity index (χ0n) is 17.2. The molecule has 0 aromatic carbocycles. The summed E-state index contributed by atoms with van der Waals surface area (Å²) in [5.74, 6) is 0.576. The Balaban J connectivity index is 1.81. The summed E-state index contributed by atoms with van der Waals surface area (Å²) in [5.41, 5.74) is 2.43. The van der Waals surface area contributed by atoms with Crippen molar-refractivity contribution in [1.29, 1.82) is 0 Å². The number of pyridine rings is 1.